The van der Waals surface area contributed by atoms with Crippen LogP contribution in [-0.4, -0.2) is 36.4 Å². The van der Waals surface area contributed by atoms with Crippen molar-refractivity contribution in [3.63, 3.8) is 0 Å². The lowest BCUT2D eigenvalue weighted by molar-refractivity contribution is -0.123. The van der Waals surface area contributed by atoms with Crippen LogP contribution in [0.4, 0.5) is 0 Å². The lowest BCUT2D eigenvalue weighted by Crippen LogP contribution is -2.41. The summed E-state index contributed by atoms with van der Waals surface area (Å²) in [4.78, 5) is 12.0. The molecule has 0 heterocycles. The Labute approximate surface area is 129 Å². The third-order valence-corrected chi connectivity index (χ3v) is 4.53. The molecule has 0 bridgehead atoms. The van der Waals surface area contributed by atoms with E-state index in [1.807, 2.05) is 0 Å². The average molecular weight is 299 g/mol. The molecule has 1 fully saturated rings. The summed E-state index contributed by atoms with van der Waals surface area (Å²) < 4.78 is 5.35. The van der Waals surface area contributed by atoms with Crippen molar-refractivity contribution in [3.8, 4) is 0 Å². The summed E-state index contributed by atoms with van der Waals surface area (Å²) in [5.74, 6) is 1.11. The van der Waals surface area contributed by atoms with Crippen LogP contribution >= 0.6 is 0 Å². The smallest absolute Gasteiger partial charge is 0.220 e. The molecule has 0 aliphatic heterocycles. The molecule has 1 saturated carbocycles. The zero-order valence-electron chi connectivity index (χ0n) is 14.2. The average Bonchev–Trinajstić information content (AvgIpc) is 2.44. The van der Waals surface area contributed by atoms with Crippen LogP contribution in [0, 0.1) is 11.8 Å². The van der Waals surface area contributed by atoms with Crippen molar-refractivity contribution in [2.24, 2.45) is 11.8 Å². The Balaban J connectivity index is 2.21. The molecule has 1 unspecified atom stereocenters. The molecule has 1 atom stereocenters. The Hall–Kier alpha value is -0.610. The highest BCUT2D eigenvalue weighted by molar-refractivity contribution is 5.76. The topological polar surface area (TPSA) is 58.6 Å². The molecule has 1 rings (SSSR count). The number of hydrogen-bond donors (Lipinski definition) is 2. The summed E-state index contributed by atoms with van der Waals surface area (Å²) in [5.41, 5.74) is -0.798. The Morgan fingerprint density at radius 2 is 1.95 bits per heavy atom. The summed E-state index contributed by atoms with van der Waals surface area (Å²) in [7, 11) is 1.76. The van der Waals surface area contributed by atoms with Crippen LogP contribution < -0.4 is 5.32 Å². The molecule has 0 spiro atoms. The first-order valence-electron chi connectivity index (χ1n) is 8.34. The molecule has 1 aliphatic rings. The summed E-state index contributed by atoms with van der Waals surface area (Å²) >= 11 is 0. The summed E-state index contributed by atoms with van der Waals surface area (Å²) in [6.45, 7) is 6.45. The molecule has 0 saturated heterocycles. The summed E-state index contributed by atoms with van der Waals surface area (Å²) in [6.07, 6.45) is 6.90. The molecule has 21 heavy (non-hydrogen) atoms. The predicted molar refractivity (Wildman–Crippen MR) is 85.1 cm³/mol. The molecule has 4 heteroatoms. The maximum absolute atomic E-state index is 12.0. The number of aliphatic hydroxyl groups is 1. The number of carbonyl (C=O) groups excluding carboxylic acids is 1. The third kappa shape index (κ3) is 7.82. The predicted octanol–water partition coefficient (Wildman–Crippen LogP) is 2.89. The van der Waals surface area contributed by atoms with Gasteiger partial charge in [0.2, 0.25) is 5.91 Å². The molecule has 124 valence electrons. The van der Waals surface area contributed by atoms with Crippen LogP contribution in [-0.2, 0) is 9.53 Å². The Morgan fingerprint density at radius 3 is 2.48 bits per heavy atom. The summed E-state index contributed by atoms with van der Waals surface area (Å²) in [5, 5.41) is 13.2. The van der Waals surface area contributed by atoms with Crippen LogP contribution in [0.5, 0.6) is 0 Å². The second-order valence-corrected chi connectivity index (χ2v) is 7.29. The Bertz CT molecular complexity index is 307. The molecular weight excluding hydrogens is 266 g/mol. The van der Waals surface area contributed by atoms with Crippen molar-refractivity contribution >= 4 is 5.91 Å². The van der Waals surface area contributed by atoms with Crippen LogP contribution in [0.3, 0.4) is 0 Å². The number of nitrogens with one attached hydrogen (secondary N) is 1. The van der Waals surface area contributed by atoms with Gasteiger partial charge in [0.15, 0.2) is 0 Å². The molecule has 0 aromatic heterocycles. The fourth-order valence-electron chi connectivity index (χ4n) is 2.88. The zero-order valence-corrected chi connectivity index (χ0v) is 14.2. The summed E-state index contributed by atoms with van der Waals surface area (Å²) in [6, 6.07) is 0. The van der Waals surface area contributed by atoms with Crippen LogP contribution in [0.2, 0.25) is 0 Å². The molecule has 0 radical (unpaired) electrons. The number of rotatable bonds is 8. The van der Waals surface area contributed by atoms with E-state index in [1.165, 1.54) is 0 Å². The second kappa shape index (κ2) is 8.74. The molecule has 0 aromatic carbocycles. The fourth-order valence-corrected chi connectivity index (χ4v) is 2.88. The van der Waals surface area contributed by atoms with E-state index in [1.54, 1.807) is 14.0 Å². The van der Waals surface area contributed by atoms with Gasteiger partial charge in [0.25, 0.3) is 0 Å². The largest absolute Gasteiger partial charge is 0.388 e. The van der Waals surface area contributed by atoms with Gasteiger partial charge in [-0.2, -0.15) is 0 Å². The van der Waals surface area contributed by atoms with Crippen LogP contribution in [0.1, 0.15) is 65.7 Å². The minimum Gasteiger partial charge on any atom is -0.388 e. The van der Waals surface area contributed by atoms with Crippen molar-refractivity contribution in [2.75, 3.05) is 13.7 Å². The second-order valence-electron chi connectivity index (χ2n) is 7.29. The third-order valence-electron chi connectivity index (χ3n) is 4.53. The van der Waals surface area contributed by atoms with Gasteiger partial charge < -0.3 is 15.2 Å². The minimum atomic E-state index is -0.798. The molecule has 1 aliphatic carbocycles. The Morgan fingerprint density at radius 1 is 1.33 bits per heavy atom. The normalized spacial score (nSPS) is 25.6. The first kappa shape index (κ1) is 18.4. The molecule has 1 amide bonds. The van der Waals surface area contributed by atoms with Gasteiger partial charge >= 0.3 is 0 Å². The van der Waals surface area contributed by atoms with E-state index in [-0.39, 0.29) is 5.91 Å². The lowest BCUT2D eigenvalue weighted by Gasteiger charge is -2.28. The van der Waals surface area contributed by atoms with Crippen LogP contribution in [0.15, 0.2) is 0 Å². The first-order chi connectivity index (χ1) is 9.82. The highest BCUT2D eigenvalue weighted by Crippen LogP contribution is 2.28. The van der Waals surface area contributed by atoms with E-state index in [2.05, 4.69) is 19.2 Å². The standard InChI is InChI=1S/C17H33NO3/c1-13(2)9-10-17(3,20)12-18-16(19)11-14-5-7-15(21-4)8-6-14/h13-15,20H,5-12H2,1-4H3,(H,18,19). The maximum Gasteiger partial charge on any atom is 0.220 e. The highest BCUT2D eigenvalue weighted by atomic mass is 16.5. The van der Waals surface area contributed by atoms with Crippen molar-refractivity contribution in [1.29, 1.82) is 0 Å². The number of methoxy groups -OCH3 is 1. The monoisotopic (exact) mass is 299 g/mol. The molecular formula is C17H33NO3. The van der Waals surface area contributed by atoms with Gasteiger partial charge in [0, 0.05) is 20.1 Å². The van der Waals surface area contributed by atoms with E-state index in [0.717, 1.165) is 38.5 Å². The van der Waals surface area contributed by atoms with Gasteiger partial charge in [-0.15, -0.1) is 0 Å². The molecule has 2 N–H and O–H groups in total. The van der Waals surface area contributed by atoms with Gasteiger partial charge in [-0.05, 0) is 57.3 Å². The van der Waals surface area contributed by atoms with Crippen molar-refractivity contribution in [1.82, 2.24) is 5.32 Å². The number of ether oxygens (including phenoxy) is 1. The molecule has 0 aromatic rings. The highest BCUT2D eigenvalue weighted by Gasteiger charge is 2.25. The first-order valence-corrected chi connectivity index (χ1v) is 8.34. The van der Waals surface area contributed by atoms with Crippen LogP contribution in [0.25, 0.3) is 0 Å². The van der Waals surface area contributed by atoms with Crippen molar-refractivity contribution < 1.29 is 14.6 Å². The van der Waals surface area contributed by atoms with Gasteiger partial charge in [0.05, 0.1) is 11.7 Å². The molecule has 4 nitrogen and oxygen atoms in total. The van der Waals surface area contributed by atoms with Crippen molar-refractivity contribution in [2.45, 2.75) is 77.4 Å². The van der Waals surface area contributed by atoms with E-state index in [0.29, 0.717) is 30.9 Å². The Kier molecular flexibility index (Phi) is 7.67. The zero-order chi connectivity index (χ0) is 15.9. The fraction of sp³-hybridized carbons (Fsp3) is 0.941. The number of amides is 1. The maximum atomic E-state index is 12.0. The number of carbonyl (C=O) groups is 1. The van der Waals surface area contributed by atoms with Gasteiger partial charge in [-0.25, -0.2) is 0 Å². The lowest BCUT2D eigenvalue weighted by atomic mass is 9.85. The quantitative estimate of drug-likeness (QED) is 0.724. The van der Waals surface area contributed by atoms with E-state index >= 15 is 0 Å². The van der Waals surface area contributed by atoms with Gasteiger partial charge in [-0.3, -0.25) is 4.79 Å². The SMILES string of the molecule is COC1CCC(CC(=O)NCC(C)(O)CCC(C)C)CC1. The van der Waals surface area contributed by atoms with E-state index < -0.39 is 5.60 Å². The van der Waals surface area contributed by atoms with Gasteiger partial charge in [-0.1, -0.05) is 13.8 Å². The van der Waals surface area contributed by atoms with Crippen molar-refractivity contribution in [3.05, 3.63) is 0 Å². The van der Waals surface area contributed by atoms with E-state index in [4.69, 9.17) is 4.74 Å². The van der Waals surface area contributed by atoms with E-state index in [9.17, 15) is 9.90 Å². The number of hydrogen-bond acceptors (Lipinski definition) is 3. The van der Waals surface area contributed by atoms with Gasteiger partial charge in [0.1, 0.15) is 0 Å². The minimum absolute atomic E-state index is 0.0701.